The number of benzene rings is 1. The number of halogens is 1. The van der Waals surface area contributed by atoms with E-state index >= 15 is 0 Å². The monoisotopic (exact) mass is 278 g/mol. The molecule has 0 bridgehead atoms. The fraction of sp³-hybridized carbons (Fsp3) is 0.625. The van der Waals surface area contributed by atoms with E-state index in [0.29, 0.717) is 11.6 Å². The number of anilines is 1. The summed E-state index contributed by atoms with van der Waals surface area (Å²) in [4.78, 5) is 4.80. The lowest BCUT2D eigenvalue weighted by Crippen LogP contribution is -2.55. The molecule has 20 heavy (non-hydrogen) atoms. The van der Waals surface area contributed by atoms with Crippen LogP contribution >= 0.6 is 0 Å². The first-order chi connectivity index (χ1) is 9.66. The van der Waals surface area contributed by atoms with Crippen molar-refractivity contribution < 1.29 is 9.50 Å². The van der Waals surface area contributed by atoms with E-state index in [2.05, 4.69) is 9.80 Å². The Bertz CT molecular complexity index is 478. The second kappa shape index (κ2) is 5.70. The predicted molar refractivity (Wildman–Crippen MR) is 78.5 cm³/mol. The van der Waals surface area contributed by atoms with Crippen molar-refractivity contribution in [3.63, 3.8) is 0 Å². The Morgan fingerprint density at radius 2 is 2.10 bits per heavy atom. The second-order valence-electron chi connectivity index (χ2n) is 5.98. The third-order valence-electron chi connectivity index (χ3n) is 4.63. The molecule has 1 aromatic rings. The normalized spacial score (nSPS) is 25.4. The van der Waals surface area contributed by atoms with Crippen LogP contribution in [0.4, 0.5) is 10.1 Å². The summed E-state index contributed by atoms with van der Waals surface area (Å²) in [5.74, 6) is -0.302. The van der Waals surface area contributed by atoms with Crippen molar-refractivity contribution in [1.29, 1.82) is 0 Å². The lowest BCUT2D eigenvalue weighted by Gasteiger charge is -2.45. The highest BCUT2D eigenvalue weighted by atomic mass is 19.1. The first kappa shape index (κ1) is 13.8. The molecular formula is C16H23FN2O. The molecule has 4 heteroatoms. The van der Waals surface area contributed by atoms with E-state index in [1.54, 1.807) is 13.0 Å². The number of aliphatic hydroxyl groups is 1. The van der Waals surface area contributed by atoms with E-state index in [4.69, 9.17) is 0 Å². The van der Waals surface area contributed by atoms with Crippen molar-refractivity contribution in [2.24, 2.45) is 0 Å². The molecule has 2 unspecified atom stereocenters. The van der Waals surface area contributed by atoms with Crippen molar-refractivity contribution in [1.82, 2.24) is 4.90 Å². The standard InChI is InChI=1S/C16H23FN2O/c1-12(20)16-14(17)6-4-7-15(16)19-10-9-18-8-3-2-5-13(18)11-19/h4,6-7,12-13,20H,2-3,5,8-11H2,1H3. The summed E-state index contributed by atoms with van der Waals surface area (Å²) in [5, 5.41) is 9.87. The van der Waals surface area contributed by atoms with Gasteiger partial charge in [0.25, 0.3) is 0 Å². The Hall–Kier alpha value is -1.13. The van der Waals surface area contributed by atoms with Gasteiger partial charge in [0.2, 0.25) is 0 Å². The number of nitrogens with zero attached hydrogens (tertiary/aromatic N) is 2. The van der Waals surface area contributed by atoms with Gasteiger partial charge in [-0.1, -0.05) is 12.5 Å². The van der Waals surface area contributed by atoms with Crippen LogP contribution in [0.2, 0.25) is 0 Å². The second-order valence-corrected chi connectivity index (χ2v) is 5.98. The van der Waals surface area contributed by atoms with Gasteiger partial charge in [0.15, 0.2) is 0 Å². The SMILES string of the molecule is CC(O)c1c(F)cccc1N1CCN2CCCCC2C1. The van der Waals surface area contributed by atoms with Crippen LogP contribution in [0.3, 0.4) is 0 Å². The molecule has 3 rings (SSSR count). The summed E-state index contributed by atoms with van der Waals surface area (Å²) < 4.78 is 14.0. The zero-order valence-corrected chi connectivity index (χ0v) is 12.1. The van der Waals surface area contributed by atoms with Crippen molar-refractivity contribution in [2.75, 3.05) is 31.1 Å². The number of piperazine rings is 1. The number of hydrogen-bond donors (Lipinski definition) is 1. The molecule has 2 saturated heterocycles. The van der Waals surface area contributed by atoms with Gasteiger partial charge in [-0.05, 0) is 38.4 Å². The summed E-state index contributed by atoms with van der Waals surface area (Å²) in [7, 11) is 0. The van der Waals surface area contributed by atoms with E-state index in [0.717, 1.165) is 25.3 Å². The van der Waals surface area contributed by atoms with Gasteiger partial charge in [0, 0.05) is 36.9 Å². The third-order valence-corrected chi connectivity index (χ3v) is 4.63. The average Bonchev–Trinajstić information content (AvgIpc) is 2.46. The smallest absolute Gasteiger partial charge is 0.131 e. The molecule has 0 aliphatic carbocycles. The first-order valence-corrected chi connectivity index (χ1v) is 7.62. The van der Waals surface area contributed by atoms with E-state index in [1.807, 2.05) is 6.07 Å². The molecule has 2 aliphatic heterocycles. The first-order valence-electron chi connectivity index (χ1n) is 7.62. The van der Waals surface area contributed by atoms with Crippen molar-refractivity contribution >= 4 is 5.69 Å². The number of fused-ring (bicyclic) bond motifs is 1. The van der Waals surface area contributed by atoms with Crippen molar-refractivity contribution in [3.05, 3.63) is 29.6 Å². The van der Waals surface area contributed by atoms with E-state index in [-0.39, 0.29) is 5.82 Å². The Labute approximate surface area is 120 Å². The van der Waals surface area contributed by atoms with Crippen molar-refractivity contribution in [3.8, 4) is 0 Å². The van der Waals surface area contributed by atoms with Gasteiger partial charge in [-0.3, -0.25) is 4.90 Å². The molecule has 0 saturated carbocycles. The summed E-state index contributed by atoms with van der Waals surface area (Å²) >= 11 is 0. The Kier molecular flexibility index (Phi) is 3.94. The van der Waals surface area contributed by atoms with Gasteiger partial charge in [-0.15, -0.1) is 0 Å². The molecule has 0 amide bonds. The minimum atomic E-state index is -0.768. The van der Waals surface area contributed by atoms with Crippen molar-refractivity contribution in [2.45, 2.75) is 38.3 Å². The molecule has 110 valence electrons. The van der Waals surface area contributed by atoms with Crippen LogP contribution in [0.15, 0.2) is 18.2 Å². The number of aliphatic hydroxyl groups excluding tert-OH is 1. The topological polar surface area (TPSA) is 26.7 Å². The fourth-order valence-corrected chi connectivity index (χ4v) is 3.59. The molecule has 1 aromatic carbocycles. The van der Waals surface area contributed by atoms with E-state index in [9.17, 15) is 9.50 Å². The predicted octanol–water partition coefficient (Wildman–Crippen LogP) is 2.55. The average molecular weight is 278 g/mol. The Balaban J connectivity index is 1.84. The number of hydrogen-bond acceptors (Lipinski definition) is 3. The van der Waals surface area contributed by atoms with Gasteiger partial charge in [-0.2, -0.15) is 0 Å². The minimum Gasteiger partial charge on any atom is -0.389 e. The number of piperidine rings is 1. The largest absolute Gasteiger partial charge is 0.389 e. The van der Waals surface area contributed by atoms with E-state index < -0.39 is 6.10 Å². The maximum atomic E-state index is 14.0. The molecule has 0 aromatic heterocycles. The highest BCUT2D eigenvalue weighted by Crippen LogP contribution is 2.32. The molecular weight excluding hydrogens is 255 g/mol. The lowest BCUT2D eigenvalue weighted by atomic mass is 9.98. The van der Waals surface area contributed by atoms with Crippen LogP contribution in [0.25, 0.3) is 0 Å². The molecule has 2 atom stereocenters. The summed E-state index contributed by atoms with van der Waals surface area (Å²) in [6.07, 6.45) is 3.06. The maximum absolute atomic E-state index is 14.0. The summed E-state index contributed by atoms with van der Waals surface area (Å²) in [5.41, 5.74) is 1.31. The molecule has 2 aliphatic rings. The number of rotatable bonds is 2. The molecule has 0 spiro atoms. The van der Waals surface area contributed by atoms with Crippen LogP contribution < -0.4 is 4.90 Å². The summed E-state index contributed by atoms with van der Waals surface area (Å²) in [6, 6.07) is 5.69. The molecule has 0 radical (unpaired) electrons. The Morgan fingerprint density at radius 3 is 2.90 bits per heavy atom. The zero-order chi connectivity index (χ0) is 14.1. The lowest BCUT2D eigenvalue weighted by molar-refractivity contribution is 0.132. The molecule has 1 N–H and O–H groups in total. The van der Waals surface area contributed by atoms with Gasteiger partial charge in [0.05, 0.1) is 6.10 Å². The van der Waals surface area contributed by atoms with Gasteiger partial charge < -0.3 is 10.0 Å². The van der Waals surface area contributed by atoms with E-state index in [1.165, 1.54) is 31.9 Å². The van der Waals surface area contributed by atoms with Crippen LogP contribution in [0.5, 0.6) is 0 Å². The van der Waals surface area contributed by atoms with Crippen LogP contribution in [0, 0.1) is 5.82 Å². The zero-order valence-electron chi connectivity index (χ0n) is 12.1. The highest BCUT2D eigenvalue weighted by Gasteiger charge is 2.30. The fourth-order valence-electron chi connectivity index (χ4n) is 3.59. The molecule has 2 fully saturated rings. The van der Waals surface area contributed by atoms with Crippen LogP contribution in [0.1, 0.15) is 37.9 Å². The quantitative estimate of drug-likeness (QED) is 0.900. The van der Waals surface area contributed by atoms with Gasteiger partial charge in [-0.25, -0.2) is 4.39 Å². The summed E-state index contributed by atoms with van der Waals surface area (Å²) in [6.45, 7) is 5.74. The minimum absolute atomic E-state index is 0.302. The highest BCUT2D eigenvalue weighted by molar-refractivity contribution is 5.55. The molecule has 2 heterocycles. The maximum Gasteiger partial charge on any atom is 0.131 e. The van der Waals surface area contributed by atoms with Gasteiger partial charge >= 0.3 is 0 Å². The third kappa shape index (κ3) is 2.54. The van der Waals surface area contributed by atoms with Gasteiger partial charge in [0.1, 0.15) is 5.82 Å². The van der Waals surface area contributed by atoms with Crippen LogP contribution in [-0.4, -0.2) is 42.2 Å². The van der Waals surface area contributed by atoms with Crippen LogP contribution in [-0.2, 0) is 0 Å². The molecule has 3 nitrogen and oxygen atoms in total. The Morgan fingerprint density at radius 1 is 1.25 bits per heavy atom.